The Bertz CT molecular complexity index is 2680. The fraction of sp³-hybridized carbons (Fsp3) is 0.393. The van der Waals surface area contributed by atoms with Crippen LogP contribution in [0.5, 0.6) is 23.3 Å². The van der Waals surface area contributed by atoms with Gasteiger partial charge in [0, 0.05) is 52.9 Å². The molecule has 0 saturated carbocycles. The van der Waals surface area contributed by atoms with Crippen LogP contribution in [0.1, 0.15) is 75.7 Å². The molecule has 3 aromatic heterocycles. The molecule has 4 bridgehead atoms. The third-order valence-electron chi connectivity index (χ3n) is 15.6. The van der Waals surface area contributed by atoms with Crippen molar-refractivity contribution in [2.45, 2.75) is 76.7 Å². The van der Waals surface area contributed by atoms with E-state index in [9.17, 15) is 0 Å². The molecule has 10 heteroatoms. The van der Waals surface area contributed by atoms with Gasteiger partial charge in [0.05, 0.1) is 37.3 Å². The van der Waals surface area contributed by atoms with E-state index in [1.807, 2.05) is 54.9 Å². The van der Waals surface area contributed by atoms with E-state index in [1.54, 1.807) is 14.2 Å². The zero-order valence-electron chi connectivity index (χ0n) is 38.6. The van der Waals surface area contributed by atoms with Crippen LogP contribution in [0.25, 0.3) is 44.3 Å². The highest BCUT2D eigenvalue weighted by Gasteiger charge is 2.47. The van der Waals surface area contributed by atoms with E-state index < -0.39 is 12.2 Å². The zero-order chi connectivity index (χ0) is 44.7. The molecule has 66 heavy (non-hydrogen) atoms. The van der Waals surface area contributed by atoms with Crippen LogP contribution in [0.2, 0.25) is 0 Å². The Morgan fingerprint density at radius 2 is 1.05 bits per heavy atom. The molecular formula is C56H60N6O4. The van der Waals surface area contributed by atoms with Crippen LogP contribution in [-0.2, 0) is 0 Å². The zero-order valence-corrected chi connectivity index (χ0v) is 38.6. The summed E-state index contributed by atoms with van der Waals surface area (Å²) in [6.45, 7) is 8.88. The summed E-state index contributed by atoms with van der Waals surface area (Å²) in [6.07, 6.45) is 9.90. The van der Waals surface area contributed by atoms with Crippen molar-refractivity contribution in [3.05, 3.63) is 133 Å². The molecule has 10 atom stereocenters. The van der Waals surface area contributed by atoms with E-state index in [2.05, 4.69) is 90.4 Å². The van der Waals surface area contributed by atoms with E-state index in [4.69, 9.17) is 38.9 Å². The van der Waals surface area contributed by atoms with Gasteiger partial charge in [0.25, 0.3) is 0 Å². The largest absolute Gasteiger partial charge is 0.497 e. The summed E-state index contributed by atoms with van der Waals surface area (Å²) in [7, 11) is 3.44. The van der Waals surface area contributed by atoms with Crippen molar-refractivity contribution >= 4 is 21.8 Å². The molecule has 6 fully saturated rings. The molecule has 0 spiro atoms. The van der Waals surface area contributed by atoms with Crippen molar-refractivity contribution in [1.29, 1.82) is 0 Å². The first kappa shape index (κ1) is 42.5. The third kappa shape index (κ3) is 7.91. The quantitative estimate of drug-likeness (QED) is 0.105. The standard InChI is InChI=1S/C56H60N6O4/c1-5-35-33-61-27-23-39(35)29-49(61)52(43-21-25-57-47-19-17-41(63-3)31-45(43)47)65-55-51(37-13-9-7-10-14-37)56(60-54(59-55)38-15-11-8-12-16-38)66-53(50-30-40-24-28-62(50)34-36(40)6-2)44-22-26-58-48-20-18-42(64-4)32-46(44)48/h7-22,25-26,31-32,35-36,39-40,49-50,52-53H,5-6,23-24,27-30,33-34H2,1-4H3/t35?,36?,39?,40?,49-,50-,52+,53+/m0/s1. The van der Waals surface area contributed by atoms with Gasteiger partial charge in [-0.05, 0) is 117 Å². The second-order valence-electron chi connectivity index (χ2n) is 18.9. The van der Waals surface area contributed by atoms with Crippen LogP contribution in [-0.4, -0.2) is 82.2 Å². The number of aromatic nitrogens is 4. The van der Waals surface area contributed by atoms with Gasteiger partial charge >= 0.3 is 0 Å². The number of pyridine rings is 2. The third-order valence-corrected chi connectivity index (χ3v) is 15.6. The van der Waals surface area contributed by atoms with E-state index >= 15 is 0 Å². The number of rotatable bonds is 14. The van der Waals surface area contributed by atoms with Crippen molar-refractivity contribution in [3.8, 4) is 45.8 Å². The van der Waals surface area contributed by atoms with Gasteiger partial charge in [0.2, 0.25) is 11.8 Å². The summed E-state index contributed by atoms with van der Waals surface area (Å²) in [5.41, 5.74) is 6.48. The Morgan fingerprint density at radius 1 is 0.576 bits per heavy atom. The predicted molar refractivity (Wildman–Crippen MR) is 260 cm³/mol. The number of hydrogen-bond donors (Lipinski definition) is 0. The second-order valence-corrected chi connectivity index (χ2v) is 18.9. The lowest BCUT2D eigenvalue weighted by molar-refractivity contribution is -0.0510. The first-order chi connectivity index (χ1) is 32.5. The summed E-state index contributed by atoms with van der Waals surface area (Å²) in [5.74, 6) is 5.70. The fourth-order valence-corrected chi connectivity index (χ4v) is 12.1. The summed E-state index contributed by atoms with van der Waals surface area (Å²) in [6, 6.07) is 37.4. The Labute approximate surface area is 388 Å². The average molecular weight is 881 g/mol. The Morgan fingerprint density at radius 3 is 1.47 bits per heavy atom. The van der Waals surface area contributed by atoms with Gasteiger partial charge in [-0.3, -0.25) is 19.8 Å². The monoisotopic (exact) mass is 880 g/mol. The number of methoxy groups -OCH3 is 2. The number of piperidine rings is 6. The molecule has 338 valence electrons. The molecule has 13 rings (SSSR count). The van der Waals surface area contributed by atoms with Gasteiger partial charge < -0.3 is 18.9 Å². The minimum Gasteiger partial charge on any atom is -0.497 e. The molecule has 6 aliphatic heterocycles. The maximum Gasteiger partial charge on any atom is 0.229 e. The van der Waals surface area contributed by atoms with E-state index in [0.717, 1.165) is 100 Å². The molecule has 9 heterocycles. The van der Waals surface area contributed by atoms with Gasteiger partial charge in [-0.2, -0.15) is 9.97 Å². The first-order valence-corrected chi connectivity index (χ1v) is 24.2. The fourth-order valence-electron chi connectivity index (χ4n) is 12.1. The van der Waals surface area contributed by atoms with Crippen LogP contribution < -0.4 is 18.9 Å². The lowest BCUT2D eigenvalue weighted by Crippen LogP contribution is -2.56. The number of hydrogen-bond acceptors (Lipinski definition) is 10. The van der Waals surface area contributed by atoms with Crippen molar-refractivity contribution in [2.75, 3.05) is 40.4 Å². The highest BCUT2D eigenvalue weighted by molar-refractivity contribution is 5.85. The molecule has 0 radical (unpaired) electrons. The van der Waals surface area contributed by atoms with Gasteiger partial charge in [0.15, 0.2) is 5.82 Å². The summed E-state index contributed by atoms with van der Waals surface area (Å²) >= 11 is 0. The van der Waals surface area contributed by atoms with Crippen LogP contribution >= 0.6 is 0 Å². The minimum absolute atomic E-state index is 0.106. The summed E-state index contributed by atoms with van der Waals surface area (Å²) < 4.78 is 27.2. The molecule has 0 aliphatic carbocycles. The van der Waals surface area contributed by atoms with Gasteiger partial charge in [-0.15, -0.1) is 0 Å². The topological polar surface area (TPSA) is 95.0 Å². The molecule has 7 aromatic rings. The molecule has 6 saturated heterocycles. The van der Waals surface area contributed by atoms with Crippen LogP contribution in [0.3, 0.4) is 0 Å². The lowest BCUT2D eigenvalue weighted by Gasteiger charge is -2.52. The highest BCUT2D eigenvalue weighted by Crippen LogP contribution is 2.50. The van der Waals surface area contributed by atoms with Gasteiger partial charge in [0.1, 0.15) is 29.3 Å². The van der Waals surface area contributed by atoms with Gasteiger partial charge in [-0.1, -0.05) is 87.4 Å². The van der Waals surface area contributed by atoms with Crippen molar-refractivity contribution in [1.82, 2.24) is 29.7 Å². The number of nitrogens with zero attached hydrogens (tertiary/aromatic N) is 6. The minimum atomic E-state index is -0.393. The molecular weight excluding hydrogens is 821 g/mol. The summed E-state index contributed by atoms with van der Waals surface area (Å²) in [5, 5.41) is 2.02. The number of benzene rings is 4. The van der Waals surface area contributed by atoms with Gasteiger partial charge in [-0.25, -0.2) is 0 Å². The molecule has 4 aromatic carbocycles. The van der Waals surface area contributed by atoms with E-state index in [-0.39, 0.29) is 12.1 Å². The Balaban J connectivity index is 1.13. The van der Waals surface area contributed by atoms with Crippen LogP contribution in [0.4, 0.5) is 0 Å². The van der Waals surface area contributed by atoms with Crippen molar-refractivity contribution in [2.24, 2.45) is 23.7 Å². The smallest absolute Gasteiger partial charge is 0.229 e. The number of fused-ring (bicyclic) bond motifs is 8. The number of ether oxygens (including phenoxy) is 4. The molecule has 10 nitrogen and oxygen atoms in total. The normalized spacial score (nSPS) is 25.4. The van der Waals surface area contributed by atoms with E-state index in [1.165, 1.54) is 25.7 Å². The van der Waals surface area contributed by atoms with E-state index in [0.29, 0.717) is 41.3 Å². The molecule has 0 amide bonds. The Hall–Kier alpha value is -6.10. The van der Waals surface area contributed by atoms with Crippen LogP contribution in [0, 0.1) is 23.7 Å². The average Bonchev–Trinajstić information content (AvgIpc) is 3.39. The predicted octanol–water partition coefficient (Wildman–Crippen LogP) is 11.4. The van der Waals surface area contributed by atoms with Crippen molar-refractivity contribution < 1.29 is 18.9 Å². The van der Waals surface area contributed by atoms with Crippen molar-refractivity contribution in [3.63, 3.8) is 0 Å². The maximum atomic E-state index is 7.76. The Kier molecular flexibility index (Phi) is 11.8. The SMILES string of the molecule is CCC1CN2CCC1C[C@H]2[C@H](Oc1nc(-c2ccccc2)nc(O[C@H](c2ccnc3ccc(OC)cc23)[C@@H]2CC3CCN2CC3CC)c1-c1ccccc1)c1ccnc2ccc(OC)cc12. The first-order valence-electron chi connectivity index (χ1n) is 24.2. The molecule has 6 aliphatic rings. The maximum absolute atomic E-state index is 7.76. The molecule has 0 N–H and O–H groups in total. The second kappa shape index (κ2) is 18.3. The lowest BCUT2D eigenvalue weighted by atomic mass is 9.72. The molecule has 6 unspecified atom stereocenters. The summed E-state index contributed by atoms with van der Waals surface area (Å²) in [4.78, 5) is 26.0. The highest BCUT2D eigenvalue weighted by atomic mass is 16.5. The van der Waals surface area contributed by atoms with Crippen LogP contribution in [0.15, 0.2) is 122 Å².